The van der Waals surface area contributed by atoms with Gasteiger partial charge in [-0.2, -0.15) is 4.98 Å². The van der Waals surface area contributed by atoms with Crippen LogP contribution in [0.4, 0.5) is 9.80 Å². The largest absolute Gasteiger partial charge is 0.469 e. The van der Waals surface area contributed by atoms with Crippen LogP contribution >= 0.6 is 11.3 Å². The van der Waals surface area contributed by atoms with Crippen molar-refractivity contribution in [1.82, 2.24) is 10.1 Å². The lowest BCUT2D eigenvalue weighted by atomic mass is 10.2. The lowest BCUT2D eigenvalue weighted by molar-refractivity contribution is -0.140. The summed E-state index contributed by atoms with van der Waals surface area (Å²) >= 11 is 1.32. The zero-order valence-corrected chi connectivity index (χ0v) is 14.7. The number of amides is 1. The molecule has 0 radical (unpaired) electrons. The van der Waals surface area contributed by atoms with Crippen LogP contribution in [0.15, 0.2) is 16.0 Å². The third-order valence-electron chi connectivity index (χ3n) is 2.72. The van der Waals surface area contributed by atoms with Crippen molar-refractivity contribution in [2.45, 2.75) is 39.2 Å². The van der Waals surface area contributed by atoms with Gasteiger partial charge in [-0.3, -0.25) is 10.1 Å². The first-order chi connectivity index (χ1) is 11.3. The molecule has 0 saturated carbocycles. The molecular weight excluding hydrogens is 334 g/mol. The van der Waals surface area contributed by atoms with Gasteiger partial charge in [0.2, 0.25) is 11.7 Å². The van der Waals surface area contributed by atoms with E-state index in [4.69, 9.17) is 9.26 Å². The van der Waals surface area contributed by atoms with Crippen molar-refractivity contribution in [3.05, 3.63) is 17.3 Å². The van der Waals surface area contributed by atoms with Crippen molar-refractivity contribution in [3.8, 4) is 11.4 Å². The molecule has 0 bridgehead atoms. The maximum absolute atomic E-state index is 11.7. The van der Waals surface area contributed by atoms with E-state index < -0.39 is 11.7 Å². The van der Waals surface area contributed by atoms with Crippen molar-refractivity contribution in [3.63, 3.8) is 0 Å². The zero-order valence-electron chi connectivity index (χ0n) is 13.9. The fourth-order valence-electron chi connectivity index (χ4n) is 1.71. The predicted molar refractivity (Wildman–Crippen MR) is 87.8 cm³/mol. The summed E-state index contributed by atoms with van der Waals surface area (Å²) in [7, 11) is 1.33. The molecule has 0 unspecified atom stereocenters. The maximum atomic E-state index is 11.7. The van der Waals surface area contributed by atoms with E-state index in [1.165, 1.54) is 18.4 Å². The number of aromatic nitrogens is 2. The van der Waals surface area contributed by atoms with Crippen LogP contribution in [0.3, 0.4) is 0 Å². The Balaban J connectivity index is 1.97. The molecular formula is C15H19N3O5S. The molecule has 8 nitrogen and oxygen atoms in total. The molecule has 1 N–H and O–H groups in total. The summed E-state index contributed by atoms with van der Waals surface area (Å²) < 4.78 is 14.8. The van der Waals surface area contributed by atoms with Gasteiger partial charge in [0.1, 0.15) is 5.60 Å². The average Bonchev–Trinajstić information content (AvgIpc) is 3.11. The Morgan fingerprint density at radius 1 is 1.38 bits per heavy atom. The Bertz CT molecular complexity index is 717. The van der Waals surface area contributed by atoms with E-state index in [-0.39, 0.29) is 12.4 Å². The van der Waals surface area contributed by atoms with Crippen LogP contribution in [0.1, 0.15) is 33.1 Å². The minimum atomic E-state index is -0.563. The summed E-state index contributed by atoms with van der Waals surface area (Å²) in [5.41, 5.74) is 0.144. The van der Waals surface area contributed by atoms with Crippen molar-refractivity contribution >= 4 is 28.4 Å². The topological polar surface area (TPSA) is 104 Å². The Hall–Kier alpha value is -2.42. The lowest BCUT2D eigenvalue weighted by Crippen LogP contribution is -2.26. The van der Waals surface area contributed by atoms with Crippen LogP contribution < -0.4 is 5.32 Å². The van der Waals surface area contributed by atoms with E-state index >= 15 is 0 Å². The van der Waals surface area contributed by atoms with Crippen LogP contribution in [-0.2, 0) is 20.7 Å². The van der Waals surface area contributed by atoms with Gasteiger partial charge in [0.15, 0.2) is 0 Å². The molecule has 2 aromatic heterocycles. The number of carbonyl (C=O) groups excluding carboxylic acids is 2. The molecule has 0 aliphatic carbocycles. The lowest BCUT2D eigenvalue weighted by Gasteiger charge is -2.19. The number of methoxy groups -OCH3 is 1. The molecule has 2 heterocycles. The fourth-order valence-corrected chi connectivity index (χ4v) is 2.47. The number of hydrogen-bond donors (Lipinski definition) is 1. The van der Waals surface area contributed by atoms with Gasteiger partial charge in [0, 0.05) is 17.4 Å². The molecule has 0 fully saturated rings. The van der Waals surface area contributed by atoms with Gasteiger partial charge < -0.3 is 14.0 Å². The minimum Gasteiger partial charge on any atom is -0.469 e. The molecule has 0 spiro atoms. The Labute approximate surface area is 143 Å². The van der Waals surface area contributed by atoms with E-state index in [0.29, 0.717) is 28.7 Å². The molecule has 2 rings (SSSR count). The Kier molecular flexibility index (Phi) is 5.55. The molecule has 0 aromatic carbocycles. The van der Waals surface area contributed by atoms with Gasteiger partial charge in [0.25, 0.3) is 0 Å². The summed E-state index contributed by atoms with van der Waals surface area (Å²) in [6.45, 7) is 5.38. The number of nitrogens with one attached hydrogen (secondary N) is 1. The first-order valence-electron chi connectivity index (χ1n) is 7.25. The molecule has 0 saturated heterocycles. The Morgan fingerprint density at radius 2 is 2.12 bits per heavy atom. The van der Waals surface area contributed by atoms with Gasteiger partial charge in [-0.25, -0.2) is 4.79 Å². The van der Waals surface area contributed by atoms with Crippen LogP contribution in [0, 0.1) is 0 Å². The van der Waals surface area contributed by atoms with Crippen LogP contribution in [0.25, 0.3) is 11.4 Å². The van der Waals surface area contributed by atoms with Gasteiger partial charge in [-0.15, -0.1) is 11.3 Å². The number of rotatable bonds is 5. The summed E-state index contributed by atoms with van der Waals surface area (Å²) in [5.74, 6) is 0.403. The molecule has 0 atom stereocenters. The van der Waals surface area contributed by atoms with E-state index in [1.807, 2.05) is 0 Å². The molecule has 24 heavy (non-hydrogen) atoms. The third kappa shape index (κ3) is 5.34. The molecule has 0 aliphatic rings. The highest BCUT2D eigenvalue weighted by Gasteiger charge is 2.18. The SMILES string of the molecule is COC(=O)CCc1nc(-c2csc(NC(=O)OC(C)(C)C)c2)no1. The highest BCUT2D eigenvalue weighted by Crippen LogP contribution is 2.27. The van der Waals surface area contributed by atoms with Crippen LogP contribution in [-0.4, -0.2) is 34.9 Å². The summed E-state index contributed by atoms with van der Waals surface area (Å²) in [4.78, 5) is 27.1. The molecule has 9 heteroatoms. The van der Waals surface area contributed by atoms with Crippen LogP contribution in [0.2, 0.25) is 0 Å². The third-order valence-corrected chi connectivity index (χ3v) is 3.57. The monoisotopic (exact) mass is 353 g/mol. The van der Waals surface area contributed by atoms with Crippen molar-refractivity contribution < 1.29 is 23.6 Å². The predicted octanol–water partition coefficient (Wildman–Crippen LogP) is 3.25. The second-order valence-electron chi connectivity index (χ2n) is 5.91. The number of esters is 1. The first-order valence-corrected chi connectivity index (χ1v) is 8.13. The first kappa shape index (κ1) is 17.9. The van der Waals surface area contributed by atoms with Crippen molar-refractivity contribution in [2.24, 2.45) is 0 Å². The van der Waals surface area contributed by atoms with Gasteiger partial charge in [-0.05, 0) is 26.8 Å². The molecule has 2 aromatic rings. The van der Waals surface area contributed by atoms with Gasteiger partial charge in [0.05, 0.1) is 18.5 Å². The Morgan fingerprint density at radius 3 is 2.79 bits per heavy atom. The fraction of sp³-hybridized carbons (Fsp3) is 0.467. The highest BCUT2D eigenvalue weighted by atomic mass is 32.1. The molecule has 130 valence electrons. The minimum absolute atomic E-state index is 0.174. The number of nitrogens with zero attached hydrogens (tertiary/aromatic N) is 2. The number of thiophene rings is 1. The number of ether oxygens (including phenoxy) is 2. The maximum Gasteiger partial charge on any atom is 0.412 e. The van der Waals surface area contributed by atoms with Crippen molar-refractivity contribution in [2.75, 3.05) is 12.4 Å². The zero-order chi connectivity index (χ0) is 17.7. The van der Waals surface area contributed by atoms with Crippen molar-refractivity contribution in [1.29, 1.82) is 0 Å². The summed E-state index contributed by atoms with van der Waals surface area (Å²) in [6, 6.07) is 1.73. The van der Waals surface area contributed by atoms with E-state index in [9.17, 15) is 9.59 Å². The second kappa shape index (κ2) is 7.43. The summed E-state index contributed by atoms with van der Waals surface area (Å²) in [6.07, 6.45) is -0.0390. The standard InChI is InChI=1S/C15H19N3O5S/c1-15(2,3)22-14(20)17-11-7-9(8-24-11)13-16-10(23-18-13)5-6-12(19)21-4/h7-8H,5-6H2,1-4H3,(H,17,20). The van der Waals surface area contributed by atoms with E-state index in [0.717, 1.165) is 0 Å². The van der Waals surface area contributed by atoms with Gasteiger partial charge >= 0.3 is 12.1 Å². The van der Waals surface area contributed by atoms with Crippen LogP contribution in [0.5, 0.6) is 0 Å². The quantitative estimate of drug-likeness (QED) is 0.823. The molecule has 0 aliphatic heterocycles. The highest BCUT2D eigenvalue weighted by molar-refractivity contribution is 7.14. The average molecular weight is 353 g/mol. The summed E-state index contributed by atoms with van der Waals surface area (Å²) in [5, 5.41) is 8.92. The number of anilines is 1. The number of carbonyl (C=O) groups is 2. The second-order valence-corrected chi connectivity index (χ2v) is 6.83. The van der Waals surface area contributed by atoms with Gasteiger partial charge in [-0.1, -0.05) is 5.16 Å². The number of hydrogen-bond acceptors (Lipinski definition) is 8. The van der Waals surface area contributed by atoms with E-state index in [2.05, 4.69) is 20.2 Å². The molecule has 1 amide bonds. The number of aryl methyl sites for hydroxylation is 1. The van der Waals surface area contributed by atoms with E-state index in [1.54, 1.807) is 32.2 Å². The smallest absolute Gasteiger partial charge is 0.412 e. The normalized spacial score (nSPS) is 11.2.